The van der Waals surface area contributed by atoms with Crippen LogP contribution in [0.2, 0.25) is 0 Å². The predicted molar refractivity (Wildman–Crippen MR) is 133 cm³/mol. The molecule has 2 N–H and O–H groups in total. The second-order valence-corrected chi connectivity index (χ2v) is 10.3. The van der Waals surface area contributed by atoms with Crippen LogP contribution in [0.15, 0.2) is 66.8 Å². The monoisotopic (exact) mass is 477 g/mol. The van der Waals surface area contributed by atoms with E-state index in [0.29, 0.717) is 24.3 Å². The van der Waals surface area contributed by atoms with Crippen LogP contribution < -0.4 is 5.32 Å². The van der Waals surface area contributed by atoms with Gasteiger partial charge in [0.2, 0.25) is 5.60 Å². The van der Waals surface area contributed by atoms with Gasteiger partial charge in [0.15, 0.2) is 5.78 Å². The molecule has 3 aliphatic rings. The largest absolute Gasteiger partial charge is 0.444 e. The van der Waals surface area contributed by atoms with Crippen molar-refractivity contribution in [1.29, 1.82) is 0 Å². The molecule has 35 heavy (non-hydrogen) atoms. The highest BCUT2D eigenvalue weighted by Gasteiger charge is 2.68. The fraction of sp³-hybridized carbons (Fsp3) is 0.483. The summed E-state index contributed by atoms with van der Waals surface area (Å²) in [6.07, 6.45) is 9.06. The van der Waals surface area contributed by atoms with Crippen molar-refractivity contribution in [3.8, 4) is 0 Å². The van der Waals surface area contributed by atoms with Crippen LogP contribution in [0.25, 0.3) is 0 Å². The maximum Gasteiger partial charge on any atom is 0.331 e. The zero-order valence-electron chi connectivity index (χ0n) is 20.5. The number of carbonyl (C=O) groups excluding carboxylic acids is 3. The van der Waals surface area contributed by atoms with Crippen molar-refractivity contribution < 1.29 is 24.2 Å². The van der Waals surface area contributed by atoms with Crippen molar-refractivity contribution in [2.45, 2.75) is 63.7 Å². The van der Waals surface area contributed by atoms with Crippen LogP contribution in [0.4, 0.5) is 0 Å². The average Bonchev–Trinajstić information content (AvgIpc) is 3.09. The van der Waals surface area contributed by atoms with E-state index >= 15 is 0 Å². The Labute approximate surface area is 207 Å². The third kappa shape index (κ3) is 4.90. The van der Waals surface area contributed by atoms with E-state index in [1.165, 1.54) is 12.2 Å². The molecule has 0 unspecified atom stereocenters. The van der Waals surface area contributed by atoms with Gasteiger partial charge in [-0.05, 0) is 48.3 Å². The highest BCUT2D eigenvalue weighted by atomic mass is 16.6. The number of aliphatic hydroxyl groups excluding tert-OH is 1. The minimum absolute atomic E-state index is 0.267. The van der Waals surface area contributed by atoms with E-state index in [1.54, 1.807) is 6.08 Å². The van der Waals surface area contributed by atoms with Crippen molar-refractivity contribution in [3.05, 3.63) is 72.4 Å². The number of ketones is 1. The molecule has 1 saturated heterocycles. The molecule has 1 amide bonds. The van der Waals surface area contributed by atoms with Crippen LogP contribution in [0.1, 0.15) is 45.1 Å². The van der Waals surface area contributed by atoms with Gasteiger partial charge in [0.1, 0.15) is 0 Å². The lowest BCUT2D eigenvalue weighted by molar-refractivity contribution is -0.177. The van der Waals surface area contributed by atoms with E-state index in [4.69, 9.17) is 4.74 Å². The van der Waals surface area contributed by atoms with Crippen LogP contribution in [0.3, 0.4) is 0 Å². The first kappa shape index (κ1) is 25.1. The number of nitrogens with one attached hydrogen (secondary N) is 1. The number of esters is 1. The van der Waals surface area contributed by atoms with E-state index in [-0.39, 0.29) is 17.7 Å². The molecule has 1 aromatic carbocycles. The standard InChI is InChI=1S/C29H35NO5/c1-18-9-7-13-22(31)15-16-25(32)35-29-23(14-8-10-18)27(33)20(3)19(2)26(29)24(30-28(29)34)17-21-11-5-4-6-12-21/h4-6,8,11-12,14-16,18-19,22-24,26,31H,3,7,9-10,13,17H2,1-2H3,(H,30,34)/b14-8-,16-15-/t18-,19-,22-,23+,24+,26+,29-/m1/s1. The Kier molecular flexibility index (Phi) is 7.41. The van der Waals surface area contributed by atoms with Crippen molar-refractivity contribution in [2.75, 3.05) is 0 Å². The van der Waals surface area contributed by atoms with Crippen molar-refractivity contribution in [1.82, 2.24) is 5.32 Å². The number of aliphatic hydroxyl groups is 1. The lowest BCUT2D eigenvalue weighted by atomic mass is 9.60. The van der Waals surface area contributed by atoms with Gasteiger partial charge in [-0.1, -0.05) is 75.8 Å². The number of allylic oxidation sites excluding steroid dienone is 2. The Hall–Kier alpha value is -2.99. The molecule has 2 aliphatic heterocycles. The lowest BCUT2D eigenvalue weighted by Gasteiger charge is -2.45. The van der Waals surface area contributed by atoms with E-state index < -0.39 is 35.4 Å². The number of Topliss-reactive ketones (excluding diaryl/α,β-unsaturated/α-hetero) is 1. The van der Waals surface area contributed by atoms with E-state index in [2.05, 4.69) is 18.8 Å². The fourth-order valence-electron chi connectivity index (χ4n) is 5.91. The minimum Gasteiger partial charge on any atom is -0.444 e. The molecular formula is C29H35NO5. The van der Waals surface area contributed by atoms with E-state index in [9.17, 15) is 19.5 Å². The molecule has 1 spiro atoms. The molecule has 1 aromatic rings. The van der Waals surface area contributed by atoms with Gasteiger partial charge in [0, 0.05) is 18.0 Å². The van der Waals surface area contributed by atoms with Gasteiger partial charge in [0.25, 0.3) is 5.91 Å². The molecule has 0 aromatic heterocycles. The Morgan fingerprint density at radius 3 is 2.60 bits per heavy atom. The summed E-state index contributed by atoms with van der Waals surface area (Å²) in [6, 6.07) is 9.47. The van der Waals surface area contributed by atoms with Crippen LogP contribution in [-0.4, -0.2) is 40.5 Å². The molecule has 7 atom stereocenters. The summed E-state index contributed by atoms with van der Waals surface area (Å²) in [5.74, 6) is -2.88. The lowest BCUT2D eigenvalue weighted by Crippen LogP contribution is -2.60. The first-order valence-corrected chi connectivity index (χ1v) is 12.6. The second kappa shape index (κ2) is 10.3. The van der Waals surface area contributed by atoms with Gasteiger partial charge in [-0.25, -0.2) is 4.79 Å². The number of ether oxygens (including phenoxy) is 1. The summed E-state index contributed by atoms with van der Waals surface area (Å²) < 4.78 is 5.99. The van der Waals surface area contributed by atoms with Gasteiger partial charge in [-0.3, -0.25) is 9.59 Å². The highest BCUT2D eigenvalue weighted by molar-refractivity contribution is 6.07. The SMILES string of the molecule is C=C1C(=O)[C@@H]2/C=C\C[C@H](C)CCC[C@@H](O)/C=C\C(=O)O[C@]23C(=O)N[C@@H](Cc2ccccc2)[C@@H]3[C@@H]1C. The number of hydrogen-bond donors (Lipinski definition) is 2. The molecule has 4 rings (SSSR count). The molecule has 2 heterocycles. The number of benzene rings is 1. The third-order valence-corrected chi connectivity index (χ3v) is 7.84. The Morgan fingerprint density at radius 1 is 1.11 bits per heavy atom. The average molecular weight is 478 g/mol. The zero-order valence-corrected chi connectivity index (χ0v) is 20.5. The van der Waals surface area contributed by atoms with Crippen LogP contribution >= 0.6 is 0 Å². The van der Waals surface area contributed by atoms with E-state index in [0.717, 1.165) is 24.8 Å². The summed E-state index contributed by atoms with van der Waals surface area (Å²) in [7, 11) is 0. The molecule has 2 fully saturated rings. The van der Waals surface area contributed by atoms with Gasteiger partial charge in [-0.15, -0.1) is 0 Å². The quantitative estimate of drug-likeness (QED) is 0.385. The van der Waals surface area contributed by atoms with Gasteiger partial charge >= 0.3 is 5.97 Å². The smallest absolute Gasteiger partial charge is 0.331 e. The molecular weight excluding hydrogens is 442 g/mol. The normalized spacial score (nSPS) is 37.9. The summed E-state index contributed by atoms with van der Waals surface area (Å²) in [4.78, 5) is 40.2. The molecule has 6 heteroatoms. The number of amides is 1. The molecule has 186 valence electrons. The maximum atomic E-state index is 13.7. The Morgan fingerprint density at radius 2 is 1.86 bits per heavy atom. The van der Waals surface area contributed by atoms with Crippen LogP contribution in [0.5, 0.6) is 0 Å². The molecule has 1 saturated carbocycles. The van der Waals surface area contributed by atoms with E-state index in [1.807, 2.05) is 43.3 Å². The van der Waals surface area contributed by atoms with Gasteiger partial charge in [-0.2, -0.15) is 0 Å². The fourth-order valence-corrected chi connectivity index (χ4v) is 5.91. The molecule has 0 bridgehead atoms. The number of rotatable bonds is 2. The Balaban J connectivity index is 1.79. The summed E-state index contributed by atoms with van der Waals surface area (Å²) in [6.45, 7) is 8.09. The molecule has 0 radical (unpaired) electrons. The minimum atomic E-state index is -1.67. The number of hydrogen-bond acceptors (Lipinski definition) is 5. The molecule has 1 aliphatic carbocycles. The van der Waals surface area contributed by atoms with Crippen molar-refractivity contribution >= 4 is 17.7 Å². The Bertz CT molecular complexity index is 1040. The topological polar surface area (TPSA) is 92.7 Å². The zero-order chi connectivity index (χ0) is 25.2. The van der Waals surface area contributed by atoms with Crippen LogP contribution in [-0.2, 0) is 25.5 Å². The number of carbonyl (C=O) groups is 3. The summed E-state index contributed by atoms with van der Waals surface area (Å²) >= 11 is 0. The van der Waals surface area contributed by atoms with Crippen molar-refractivity contribution in [2.24, 2.45) is 23.7 Å². The second-order valence-electron chi connectivity index (χ2n) is 10.3. The van der Waals surface area contributed by atoms with Gasteiger partial charge < -0.3 is 15.2 Å². The first-order chi connectivity index (χ1) is 16.7. The highest BCUT2D eigenvalue weighted by Crippen LogP contribution is 2.51. The summed E-state index contributed by atoms with van der Waals surface area (Å²) in [5.41, 5.74) is -0.181. The first-order valence-electron chi connectivity index (χ1n) is 12.6. The van der Waals surface area contributed by atoms with Crippen LogP contribution in [0, 0.1) is 23.7 Å². The molecule has 6 nitrogen and oxygen atoms in total. The van der Waals surface area contributed by atoms with Gasteiger partial charge in [0.05, 0.1) is 12.0 Å². The predicted octanol–water partition coefficient (Wildman–Crippen LogP) is 3.70. The summed E-state index contributed by atoms with van der Waals surface area (Å²) in [5, 5.41) is 13.3. The van der Waals surface area contributed by atoms with Crippen molar-refractivity contribution in [3.63, 3.8) is 0 Å². The maximum absolute atomic E-state index is 13.7. The third-order valence-electron chi connectivity index (χ3n) is 7.84.